The molecular weight excluding hydrogens is 280 g/mol. The minimum absolute atomic E-state index is 0.144. The van der Waals surface area contributed by atoms with E-state index >= 15 is 0 Å². The zero-order chi connectivity index (χ0) is 13.8. The fourth-order valence-electron chi connectivity index (χ4n) is 2.02. The van der Waals surface area contributed by atoms with Gasteiger partial charge in [-0.05, 0) is 41.1 Å². The summed E-state index contributed by atoms with van der Waals surface area (Å²) >= 11 is 8.29. The molecule has 0 saturated heterocycles. The van der Waals surface area contributed by atoms with E-state index in [-0.39, 0.29) is 5.38 Å². The molecule has 1 aromatic heterocycles. The Bertz CT molecular complexity index is 551. The van der Waals surface area contributed by atoms with Gasteiger partial charge in [0.15, 0.2) is 11.5 Å². The van der Waals surface area contributed by atoms with Crippen molar-refractivity contribution in [1.82, 2.24) is 0 Å². The van der Waals surface area contributed by atoms with Gasteiger partial charge in [-0.1, -0.05) is 13.0 Å². The molecule has 0 bridgehead atoms. The smallest absolute Gasteiger partial charge is 0.161 e. The predicted molar refractivity (Wildman–Crippen MR) is 80.9 cm³/mol. The highest BCUT2D eigenvalue weighted by molar-refractivity contribution is 7.10. The van der Waals surface area contributed by atoms with Crippen molar-refractivity contribution in [2.75, 3.05) is 14.2 Å². The quantitative estimate of drug-likeness (QED) is 0.747. The minimum atomic E-state index is -0.144. The number of hydrogen-bond donors (Lipinski definition) is 0. The lowest BCUT2D eigenvalue weighted by Gasteiger charge is -2.13. The van der Waals surface area contributed by atoms with Crippen LogP contribution in [0, 0.1) is 0 Å². The molecule has 102 valence electrons. The van der Waals surface area contributed by atoms with Crippen LogP contribution in [0.1, 0.15) is 28.3 Å². The number of aryl methyl sites for hydroxylation is 1. The predicted octanol–water partition coefficient (Wildman–Crippen LogP) is 4.66. The maximum Gasteiger partial charge on any atom is 0.161 e. The molecule has 0 aliphatic heterocycles. The van der Waals surface area contributed by atoms with Crippen molar-refractivity contribution < 1.29 is 9.47 Å². The van der Waals surface area contributed by atoms with Crippen LogP contribution in [0.25, 0.3) is 0 Å². The van der Waals surface area contributed by atoms with Crippen LogP contribution in [0.15, 0.2) is 29.6 Å². The Morgan fingerprint density at radius 3 is 2.53 bits per heavy atom. The molecule has 19 heavy (non-hydrogen) atoms. The van der Waals surface area contributed by atoms with Gasteiger partial charge in [0.1, 0.15) is 0 Å². The number of thiophene rings is 1. The lowest BCUT2D eigenvalue weighted by Crippen LogP contribution is -1.97. The third kappa shape index (κ3) is 2.88. The van der Waals surface area contributed by atoms with Crippen molar-refractivity contribution in [3.63, 3.8) is 0 Å². The highest BCUT2D eigenvalue weighted by atomic mass is 35.5. The van der Waals surface area contributed by atoms with Crippen molar-refractivity contribution in [1.29, 1.82) is 0 Å². The minimum Gasteiger partial charge on any atom is -0.493 e. The maximum absolute atomic E-state index is 6.60. The van der Waals surface area contributed by atoms with Gasteiger partial charge >= 0.3 is 0 Å². The van der Waals surface area contributed by atoms with E-state index in [1.54, 1.807) is 25.6 Å². The molecule has 2 rings (SSSR count). The molecule has 0 amide bonds. The zero-order valence-electron chi connectivity index (χ0n) is 11.3. The van der Waals surface area contributed by atoms with E-state index in [2.05, 4.69) is 18.4 Å². The Kier molecular flexibility index (Phi) is 4.72. The van der Waals surface area contributed by atoms with Crippen molar-refractivity contribution >= 4 is 22.9 Å². The van der Waals surface area contributed by atoms with Gasteiger partial charge in [-0.25, -0.2) is 0 Å². The van der Waals surface area contributed by atoms with Gasteiger partial charge in [-0.2, -0.15) is 0 Å². The van der Waals surface area contributed by atoms with Crippen LogP contribution in [0.2, 0.25) is 0 Å². The molecule has 1 unspecified atom stereocenters. The number of benzene rings is 1. The first-order valence-corrected chi connectivity index (χ1v) is 7.45. The van der Waals surface area contributed by atoms with Crippen LogP contribution in [0.4, 0.5) is 0 Å². The van der Waals surface area contributed by atoms with Crippen LogP contribution in [-0.2, 0) is 6.42 Å². The summed E-state index contributed by atoms with van der Waals surface area (Å²) in [4.78, 5) is 1.20. The number of ether oxygens (including phenoxy) is 2. The lowest BCUT2D eigenvalue weighted by molar-refractivity contribution is 0.354. The summed E-state index contributed by atoms with van der Waals surface area (Å²) in [6.45, 7) is 2.14. The number of methoxy groups -OCH3 is 2. The summed E-state index contributed by atoms with van der Waals surface area (Å²) in [6, 6.07) is 7.95. The molecule has 1 heterocycles. The second-order valence-electron chi connectivity index (χ2n) is 4.14. The zero-order valence-corrected chi connectivity index (χ0v) is 12.8. The summed E-state index contributed by atoms with van der Waals surface area (Å²) < 4.78 is 10.6. The molecule has 2 aromatic rings. The van der Waals surface area contributed by atoms with E-state index in [1.165, 1.54) is 10.4 Å². The molecule has 1 atom stereocenters. The van der Waals surface area contributed by atoms with Gasteiger partial charge in [-0.3, -0.25) is 0 Å². The molecule has 2 nitrogen and oxygen atoms in total. The number of rotatable bonds is 5. The molecule has 0 N–H and O–H groups in total. The van der Waals surface area contributed by atoms with Crippen LogP contribution < -0.4 is 9.47 Å². The SMILES string of the molecule is CCc1ccsc1C(Cl)c1ccc(OC)c(OC)c1. The standard InChI is InChI=1S/C15H17ClO2S/c1-4-10-7-8-19-15(10)14(16)11-5-6-12(17-2)13(9-11)18-3/h5-9,14H,4H2,1-3H3. The second-order valence-corrected chi connectivity index (χ2v) is 5.52. The number of halogens is 1. The Morgan fingerprint density at radius 2 is 1.89 bits per heavy atom. The summed E-state index contributed by atoms with van der Waals surface area (Å²) in [5.41, 5.74) is 2.33. The first-order chi connectivity index (χ1) is 9.21. The van der Waals surface area contributed by atoms with E-state index in [9.17, 15) is 0 Å². The Labute approximate surface area is 122 Å². The van der Waals surface area contributed by atoms with Crippen molar-refractivity contribution in [2.24, 2.45) is 0 Å². The molecule has 0 saturated carbocycles. The van der Waals surface area contributed by atoms with Crippen LogP contribution >= 0.6 is 22.9 Å². The second kappa shape index (κ2) is 6.31. The molecule has 0 fully saturated rings. The van der Waals surface area contributed by atoms with E-state index in [1.807, 2.05) is 18.2 Å². The summed E-state index contributed by atoms with van der Waals surface area (Å²) in [5, 5.41) is 1.94. The third-order valence-corrected chi connectivity index (χ3v) is 4.72. The first-order valence-electron chi connectivity index (χ1n) is 6.13. The Balaban J connectivity index is 2.36. The highest BCUT2D eigenvalue weighted by Crippen LogP contribution is 2.38. The molecule has 0 aliphatic carbocycles. The highest BCUT2D eigenvalue weighted by Gasteiger charge is 2.17. The van der Waals surface area contributed by atoms with Gasteiger partial charge in [0, 0.05) is 4.88 Å². The maximum atomic E-state index is 6.60. The molecule has 4 heteroatoms. The van der Waals surface area contributed by atoms with E-state index < -0.39 is 0 Å². The summed E-state index contributed by atoms with van der Waals surface area (Å²) in [7, 11) is 3.26. The first kappa shape index (κ1) is 14.2. The Hall–Kier alpha value is -1.19. The van der Waals surface area contributed by atoms with E-state index in [0.29, 0.717) is 5.75 Å². The molecular formula is C15H17ClO2S. The van der Waals surface area contributed by atoms with Crippen LogP contribution in [0.3, 0.4) is 0 Å². The average molecular weight is 297 g/mol. The van der Waals surface area contributed by atoms with Crippen LogP contribution in [-0.4, -0.2) is 14.2 Å². The van der Waals surface area contributed by atoms with Crippen molar-refractivity contribution in [3.05, 3.63) is 45.6 Å². The van der Waals surface area contributed by atoms with Gasteiger partial charge < -0.3 is 9.47 Å². The van der Waals surface area contributed by atoms with Gasteiger partial charge in [-0.15, -0.1) is 22.9 Å². The monoisotopic (exact) mass is 296 g/mol. The van der Waals surface area contributed by atoms with E-state index in [4.69, 9.17) is 21.1 Å². The van der Waals surface area contributed by atoms with Crippen LogP contribution in [0.5, 0.6) is 11.5 Å². The fourth-order valence-corrected chi connectivity index (χ4v) is 3.45. The fraction of sp³-hybridized carbons (Fsp3) is 0.333. The van der Waals surface area contributed by atoms with E-state index in [0.717, 1.165) is 17.7 Å². The van der Waals surface area contributed by atoms with Gasteiger partial charge in [0.05, 0.1) is 19.6 Å². The van der Waals surface area contributed by atoms with Crippen molar-refractivity contribution in [3.8, 4) is 11.5 Å². The summed E-state index contributed by atoms with van der Waals surface area (Å²) in [6.07, 6.45) is 0.995. The normalized spacial score (nSPS) is 12.2. The topological polar surface area (TPSA) is 18.5 Å². The third-order valence-electron chi connectivity index (χ3n) is 3.09. The lowest BCUT2D eigenvalue weighted by atomic mass is 10.1. The molecule has 0 spiro atoms. The van der Waals surface area contributed by atoms with Gasteiger partial charge in [0.2, 0.25) is 0 Å². The van der Waals surface area contributed by atoms with Gasteiger partial charge in [0.25, 0.3) is 0 Å². The number of alkyl halides is 1. The number of hydrogen-bond acceptors (Lipinski definition) is 3. The Morgan fingerprint density at radius 1 is 1.16 bits per heavy atom. The largest absolute Gasteiger partial charge is 0.493 e. The molecule has 0 aliphatic rings. The van der Waals surface area contributed by atoms with Crippen molar-refractivity contribution in [2.45, 2.75) is 18.7 Å². The summed E-state index contributed by atoms with van der Waals surface area (Å²) in [5.74, 6) is 1.43. The average Bonchev–Trinajstić information content (AvgIpc) is 2.94. The molecule has 0 radical (unpaired) electrons. The molecule has 1 aromatic carbocycles.